The minimum Gasteiger partial charge on any atom is -0.318 e. The van der Waals surface area contributed by atoms with E-state index < -0.39 is 0 Å². The third-order valence-corrected chi connectivity index (χ3v) is 1.79. The summed E-state index contributed by atoms with van der Waals surface area (Å²) in [5.41, 5.74) is 4.49. The first-order valence-corrected chi connectivity index (χ1v) is 5.73. The zero-order valence-corrected chi connectivity index (χ0v) is 11.4. The van der Waals surface area contributed by atoms with E-state index in [0.29, 0.717) is 18.3 Å². The van der Waals surface area contributed by atoms with Crippen LogP contribution in [0, 0.1) is 11.8 Å². The Labute approximate surface area is 103 Å². The fourth-order valence-electron chi connectivity index (χ4n) is 0.859. The number of hydrogen-bond acceptors (Lipinski definition) is 4. The van der Waals surface area contributed by atoms with E-state index in [4.69, 9.17) is 23.9 Å². The van der Waals surface area contributed by atoms with Gasteiger partial charge in [0.25, 0.3) is 0 Å². The summed E-state index contributed by atoms with van der Waals surface area (Å²) in [6.07, 6.45) is 1.39. The number of hydrogen-bond donors (Lipinski definition) is 4. The van der Waals surface area contributed by atoms with Crippen LogP contribution in [-0.2, 0) is 4.79 Å². The maximum Gasteiger partial charge on any atom is 0.234 e. The smallest absolute Gasteiger partial charge is 0.234 e. The Bertz CT molecular complexity index is 185. The van der Waals surface area contributed by atoms with Crippen molar-refractivity contribution in [3.63, 3.8) is 0 Å². The molecule has 6 N–H and O–H groups in total. The molecule has 0 aliphatic heterocycles. The number of nitrogens with one attached hydrogen (secondary N) is 2. The van der Waals surface area contributed by atoms with E-state index in [1.807, 2.05) is 13.8 Å². The van der Waals surface area contributed by atoms with Crippen LogP contribution in [0.4, 0.5) is 0 Å². The van der Waals surface area contributed by atoms with Crippen LogP contribution < -0.4 is 22.5 Å². The summed E-state index contributed by atoms with van der Waals surface area (Å²) in [6.45, 7) is 8.14. The lowest BCUT2D eigenvalue weighted by Crippen LogP contribution is -2.30. The van der Waals surface area contributed by atoms with Gasteiger partial charge in [-0.1, -0.05) is 39.9 Å². The first-order chi connectivity index (χ1) is 7.33. The summed E-state index contributed by atoms with van der Waals surface area (Å²) in [4.78, 5) is 11.1. The number of hydrazine groups is 2. The van der Waals surface area contributed by atoms with Gasteiger partial charge in [0.1, 0.15) is 0 Å². The highest BCUT2D eigenvalue weighted by atomic mass is 32.1. The molecule has 0 aromatic rings. The molecule has 96 valence electrons. The Kier molecular flexibility index (Phi) is 11.9. The van der Waals surface area contributed by atoms with E-state index in [1.54, 1.807) is 0 Å². The van der Waals surface area contributed by atoms with Crippen LogP contribution in [0.3, 0.4) is 0 Å². The SMILES string of the molecule is CC(C)CC(=O)NN.CC(C)CC(=S)NN. The third-order valence-electron chi connectivity index (χ3n) is 1.51. The van der Waals surface area contributed by atoms with Crippen molar-refractivity contribution in [1.82, 2.24) is 10.9 Å². The molecular formula is C10H24N4OS. The van der Waals surface area contributed by atoms with Crippen molar-refractivity contribution in [3.05, 3.63) is 0 Å². The molecule has 0 aromatic heterocycles. The van der Waals surface area contributed by atoms with Crippen molar-refractivity contribution < 1.29 is 4.79 Å². The van der Waals surface area contributed by atoms with Gasteiger partial charge in [0.05, 0.1) is 4.99 Å². The standard InChI is InChI=1S/C5H12N2O.C5H12N2S/c2*1-4(2)3-5(8)7-6/h2*4H,3,6H2,1-2H3,(H,7,8). The highest BCUT2D eigenvalue weighted by Gasteiger charge is 1.99. The molecule has 0 heterocycles. The number of carbonyl (C=O) groups excluding carboxylic acids is 1. The molecule has 1 amide bonds. The molecule has 0 aromatic carbocycles. The van der Waals surface area contributed by atoms with Gasteiger partial charge < -0.3 is 5.43 Å². The van der Waals surface area contributed by atoms with Crippen LogP contribution in [0.2, 0.25) is 0 Å². The van der Waals surface area contributed by atoms with Crippen molar-refractivity contribution in [2.75, 3.05) is 0 Å². The monoisotopic (exact) mass is 248 g/mol. The van der Waals surface area contributed by atoms with Gasteiger partial charge in [0.2, 0.25) is 5.91 Å². The quantitative estimate of drug-likeness (QED) is 0.256. The van der Waals surface area contributed by atoms with Gasteiger partial charge in [0, 0.05) is 12.8 Å². The highest BCUT2D eigenvalue weighted by molar-refractivity contribution is 7.80. The van der Waals surface area contributed by atoms with Crippen LogP contribution in [0.15, 0.2) is 0 Å². The Morgan fingerprint density at radius 2 is 1.50 bits per heavy atom. The zero-order valence-electron chi connectivity index (χ0n) is 10.5. The van der Waals surface area contributed by atoms with E-state index in [9.17, 15) is 4.79 Å². The molecule has 0 fully saturated rings. The van der Waals surface area contributed by atoms with Crippen LogP contribution in [0.1, 0.15) is 40.5 Å². The Hall–Kier alpha value is -0.720. The van der Waals surface area contributed by atoms with Crippen LogP contribution in [-0.4, -0.2) is 10.9 Å². The fourth-order valence-corrected chi connectivity index (χ4v) is 1.19. The van der Waals surface area contributed by atoms with Gasteiger partial charge in [-0.3, -0.25) is 16.1 Å². The van der Waals surface area contributed by atoms with Gasteiger partial charge in [-0.25, -0.2) is 5.84 Å². The maximum atomic E-state index is 10.4. The van der Waals surface area contributed by atoms with Gasteiger partial charge in [-0.05, 0) is 11.8 Å². The van der Waals surface area contributed by atoms with Crippen molar-refractivity contribution in [3.8, 4) is 0 Å². The maximum absolute atomic E-state index is 10.4. The third kappa shape index (κ3) is 15.7. The van der Waals surface area contributed by atoms with Crippen molar-refractivity contribution in [2.45, 2.75) is 40.5 Å². The second kappa shape index (κ2) is 10.8. The summed E-state index contributed by atoms with van der Waals surface area (Å²) in [6, 6.07) is 0. The van der Waals surface area contributed by atoms with Gasteiger partial charge in [-0.15, -0.1) is 0 Å². The number of carbonyl (C=O) groups is 1. The second-order valence-corrected chi connectivity index (χ2v) is 4.82. The minimum atomic E-state index is -0.0972. The zero-order chi connectivity index (χ0) is 13.1. The van der Waals surface area contributed by atoms with Crippen molar-refractivity contribution in [1.29, 1.82) is 0 Å². The Morgan fingerprint density at radius 3 is 1.62 bits per heavy atom. The molecule has 0 radical (unpaired) electrons. The molecule has 0 atom stereocenters. The lowest BCUT2D eigenvalue weighted by atomic mass is 10.1. The first kappa shape index (κ1) is 17.7. The lowest BCUT2D eigenvalue weighted by Gasteiger charge is -2.03. The summed E-state index contributed by atoms with van der Waals surface area (Å²) >= 11 is 4.80. The first-order valence-electron chi connectivity index (χ1n) is 5.32. The van der Waals surface area contributed by atoms with Crippen LogP contribution >= 0.6 is 12.2 Å². The molecule has 0 unspecified atom stereocenters. The molecule has 0 bridgehead atoms. The van der Waals surface area contributed by atoms with E-state index in [1.165, 1.54) is 0 Å². The second-order valence-electron chi connectivity index (χ2n) is 4.33. The molecule has 0 saturated carbocycles. The fraction of sp³-hybridized carbons (Fsp3) is 0.800. The van der Waals surface area contributed by atoms with E-state index in [2.05, 4.69) is 24.7 Å². The average Bonchev–Trinajstić information content (AvgIpc) is 2.16. The molecule has 0 aliphatic rings. The molecule has 6 heteroatoms. The number of rotatable bonds is 4. The topological polar surface area (TPSA) is 93.2 Å². The lowest BCUT2D eigenvalue weighted by molar-refractivity contribution is -0.121. The normalized spacial score (nSPS) is 9.50. The van der Waals surface area contributed by atoms with Gasteiger partial charge in [0.15, 0.2) is 0 Å². The number of thiocarbonyl (C=S) groups is 1. The summed E-state index contributed by atoms with van der Waals surface area (Å²) in [5, 5.41) is 0. The number of nitrogens with two attached hydrogens (primary N) is 2. The summed E-state index contributed by atoms with van der Waals surface area (Å²) in [5.74, 6) is 10.7. The molecule has 16 heavy (non-hydrogen) atoms. The average molecular weight is 248 g/mol. The Balaban J connectivity index is 0. The molecule has 0 spiro atoms. The van der Waals surface area contributed by atoms with E-state index in [-0.39, 0.29) is 5.91 Å². The molecule has 0 rings (SSSR count). The van der Waals surface area contributed by atoms with Crippen LogP contribution in [0.5, 0.6) is 0 Å². The van der Waals surface area contributed by atoms with Gasteiger partial charge >= 0.3 is 0 Å². The molecule has 0 aliphatic carbocycles. The van der Waals surface area contributed by atoms with Gasteiger partial charge in [-0.2, -0.15) is 0 Å². The van der Waals surface area contributed by atoms with E-state index in [0.717, 1.165) is 11.4 Å². The molecular weight excluding hydrogens is 224 g/mol. The predicted molar refractivity (Wildman–Crippen MR) is 71.2 cm³/mol. The summed E-state index contributed by atoms with van der Waals surface area (Å²) in [7, 11) is 0. The molecule has 0 saturated heterocycles. The van der Waals surface area contributed by atoms with Crippen LogP contribution in [0.25, 0.3) is 0 Å². The predicted octanol–water partition coefficient (Wildman–Crippen LogP) is 0.846. The number of amides is 1. The van der Waals surface area contributed by atoms with E-state index >= 15 is 0 Å². The summed E-state index contributed by atoms with van der Waals surface area (Å²) < 4.78 is 0. The van der Waals surface area contributed by atoms with Crippen molar-refractivity contribution >= 4 is 23.1 Å². The minimum absolute atomic E-state index is 0.0972. The molecule has 5 nitrogen and oxygen atoms in total. The highest BCUT2D eigenvalue weighted by Crippen LogP contribution is 1.98. The Morgan fingerprint density at radius 1 is 1.06 bits per heavy atom. The van der Waals surface area contributed by atoms with Crippen molar-refractivity contribution in [2.24, 2.45) is 23.5 Å². The largest absolute Gasteiger partial charge is 0.318 e.